The largest absolute Gasteiger partial charge is 0.398 e. The molecule has 0 aliphatic carbocycles. The second kappa shape index (κ2) is 4.34. The van der Waals surface area contributed by atoms with E-state index in [4.69, 9.17) is 5.73 Å². The number of fused-ring (bicyclic) bond motifs is 1. The standard InChI is InChI=1S/C16H24N2/c1-6-11(2)13-10-15-12(9-14(13)17)7-8-16(3,4)18(15)5/h9-10H,2,6-8,17H2,1,3-5H3. The lowest BCUT2D eigenvalue weighted by molar-refractivity contribution is 0.432. The quantitative estimate of drug-likeness (QED) is 0.801. The number of nitrogen functional groups attached to an aromatic ring is 1. The number of hydrogen-bond donors (Lipinski definition) is 1. The molecule has 0 saturated heterocycles. The van der Waals surface area contributed by atoms with E-state index in [1.54, 1.807) is 0 Å². The summed E-state index contributed by atoms with van der Waals surface area (Å²) in [6, 6.07) is 4.36. The lowest BCUT2D eigenvalue weighted by atomic mass is 9.86. The van der Waals surface area contributed by atoms with E-state index in [1.807, 2.05) is 0 Å². The summed E-state index contributed by atoms with van der Waals surface area (Å²) in [5, 5.41) is 0. The number of nitrogens with zero attached hydrogens (tertiary/aromatic N) is 1. The van der Waals surface area contributed by atoms with Gasteiger partial charge in [-0.1, -0.05) is 13.5 Å². The van der Waals surface area contributed by atoms with Crippen molar-refractivity contribution >= 4 is 16.9 Å². The molecule has 1 heterocycles. The first-order valence-electron chi connectivity index (χ1n) is 6.71. The molecule has 0 bridgehead atoms. The van der Waals surface area contributed by atoms with Crippen molar-refractivity contribution in [1.82, 2.24) is 0 Å². The van der Waals surface area contributed by atoms with Gasteiger partial charge in [-0.3, -0.25) is 0 Å². The van der Waals surface area contributed by atoms with Crippen molar-refractivity contribution in [2.45, 2.75) is 45.6 Å². The Labute approximate surface area is 110 Å². The van der Waals surface area contributed by atoms with Crippen LogP contribution >= 0.6 is 0 Å². The fraction of sp³-hybridized carbons (Fsp3) is 0.500. The maximum absolute atomic E-state index is 6.15. The SMILES string of the molecule is C=C(CC)c1cc2c(cc1N)CCC(C)(C)N2C. The monoisotopic (exact) mass is 244 g/mol. The first kappa shape index (κ1) is 13.0. The number of anilines is 2. The molecule has 0 atom stereocenters. The second-order valence-corrected chi connectivity index (χ2v) is 5.90. The third-order valence-corrected chi connectivity index (χ3v) is 4.33. The zero-order valence-electron chi connectivity index (χ0n) is 12.0. The Balaban J connectivity index is 2.53. The molecule has 0 fully saturated rings. The van der Waals surface area contributed by atoms with Crippen LogP contribution in [0.5, 0.6) is 0 Å². The summed E-state index contributed by atoms with van der Waals surface area (Å²) in [7, 11) is 2.17. The maximum Gasteiger partial charge on any atom is 0.0408 e. The van der Waals surface area contributed by atoms with Crippen LogP contribution in [0.4, 0.5) is 11.4 Å². The van der Waals surface area contributed by atoms with Crippen molar-refractivity contribution < 1.29 is 0 Å². The van der Waals surface area contributed by atoms with Crippen LogP contribution in [0.3, 0.4) is 0 Å². The van der Waals surface area contributed by atoms with Crippen molar-refractivity contribution in [3.05, 3.63) is 29.8 Å². The van der Waals surface area contributed by atoms with Crippen LogP contribution in [0, 0.1) is 0 Å². The Morgan fingerprint density at radius 2 is 2.11 bits per heavy atom. The Bertz CT molecular complexity index is 486. The Kier molecular flexibility index (Phi) is 3.14. The van der Waals surface area contributed by atoms with E-state index in [9.17, 15) is 0 Å². The number of benzene rings is 1. The Morgan fingerprint density at radius 1 is 1.44 bits per heavy atom. The number of aryl methyl sites for hydroxylation is 1. The molecule has 0 unspecified atom stereocenters. The zero-order valence-corrected chi connectivity index (χ0v) is 12.0. The topological polar surface area (TPSA) is 29.3 Å². The van der Waals surface area contributed by atoms with Gasteiger partial charge in [0, 0.05) is 29.5 Å². The lowest BCUT2D eigenvalue weighted by Gasteiger charge is -2.43. The van der Waals surface area contributed by atoms with Crippen molar-refractivity contribution in [2.24, 2.45) is 0 Å². The molecule has 1 aliphatic rings. The molecule has 0 aromatic heterocycles. The van der Waals surface area contributed by atoms with Gasteiger partial charge in [0.15, 0.2) is 0 Å². The Hall–Kier alpha value is -1.44. The van der Waals surface area contributed by atoms with Crippen LogP contribution in [0.15, 0.2) is 18.7 Å². The molecular formula is C16H24N2. The normalized spacial score (nSPS) is 17.4. The zero-order chi connectivity index (χ0) is 13.5. The van der Waals surface area contributed by atoms with Gasteiger partial charge in [-0.25, -0.2) is 0 Å². The van der Waals surface area contributed by atoms with Gasteiger partial charge in [0.1, 0.15) is 0 Å². The molecule has 0 amide bonds. The van der Waals surface area contributed by atoms with E-state index in [2.05, 4.69) is 51.4 Å². The smallest absolute Gasteiger partial charge is 0.0408 e. The van der Waals surface area contributed by atoms with Crippen molar-refractivity contribution in [3.63, 3.8) is 0 Å². The third-order valence-electron chi connectivity index (χ3n) is 4.33. The number of allylic oxidation sites excluding steroid dienone is 1. The van der Waals surface area contributed by atoms with Crippen LogP contribution in [0.1, 0.15) is 44.7 Å². The molecule has 18 heavy (non-hydrogen) atoms. The summed E-state index contributed by atoms with van der Waals surface area (Å²) in [4.78, 5) is 2.37. The molecule has 2 heteroatoms. The van der Waals surface area contributed by atoms with Crippen LogP contribution in [-0.2, 0) is 6.42 Å². The van der Waals surface area contributed by atoms with Gasteiger partial charge in [0.25, 0.3) is 0 Å². The average Bonchev–Trinajstić information content (AvgIpc) is 2.33. The van der Waals surface area contributed by atoms with Gasteiger partial charge in [-0.15, -0.1) is 0 Å². The van der Waals surface area contributed by atoms with Gasteiger partial charge >= 0.3 is 0 Å². The lowest BCUT2D eigenvalue weighted by Crippen LogP contribution is -2.44. The first-order valence-corrected chi connectivity index (χ1v) is 6.71. The van der Waals surface area contributed by atoms with Crippen LogP contribution in [0.25, 0.3) is 5.57 Å². The molecule has 0 spiro atoms. The van der Waals surface area contributed by atoms with Gasteiger partial charge in [-0.2, -0.15) is 0 Å². The van der Waals surface area contributed by atoms with Crippen LogP contribution < -0.4 is 10.6 Å². The van der Waals surface area contributed by atoms with E-state index in [-0.39, 0.29) is 5.54 Å². The van der Waals surface area contributed by atoms with Crippen molar-refractivity contribution in [2.75, 3.05) is 17.7 Å². The fourth-order valence-corrected chi connectivity index (χ4v) is 2.60. The van der Waals surface area contributed by atoms with E-state index in [0.29, 0.717) is 0 Å². The summed E-state index contributed by atoms with van der Waals surface area (Å²) < 4.78 is 0. The molecular weight excluding hydrogens is 220 g/mol. The summed E-state index contributed by atoms with van der Waals surface area (Å²) >= 11 is 0. The molecule has 0 saturated carbocycles. The minimum atomic E-state index is 0.216. The number of rotatable bonds is 2. The summed E-state index contributed by atoms with van der Waals surface area (Å²) in [5.41, 5.74) is 12.1. The highest BCUT2D eigenvalue weighted by atomic mass is 15.2. The van der Waals surface area contributed by atoms with Gasteiger partial charge in [0.05, 0.1) is 0 Å². The van der Waals surface area contributed by atoms with Crippen molar-refractivity contribution in [3.8, 4) is 0 Å². The number of nitrogens with two attached hydrogens (primary N) is 1. The van der Waals surface area contributed by atoms with Crippen molar-refractivity contribution in [1.29, 1.82) is 0 Å². The molecule has 98 valence electrons. The highest BCUT2D eigenvalue weighted by Crippen LogP contribution is 2.39. The summed E-state index contributed by atoms with van der Waals surface area (Å²) in [6.07, 6.45) is 3.22. The molecule has 2 nitrogen and oxygen atoms in total. The molecule has 1 aromatic rings. The second-order valence-electron chi connectivity index (χ2n) is 5.90. The first-order chi connectivity index (χ1) is 8.36. The van der Waals surface area contributed by atoms with Gasteiger partial charge in [0.2, 0.25) is 0 Å². The molecule has 1 aromatic carbocycles. The third kappa shape index (κ3) is 2.00. The minimum Gasteiger partial charge on any atom is -0.398 e. The van der Waals surface area contributed by atoms with Crippen LogP contribution in [0.2, 0.25) is 0 Å². The highest BCUT2D eigenvalue weighted by Gasteiger charge is 2.30. The molecule has 0 radical (unpaired) electrons. The Morgan fingerprint density at radius 3 is 2.72 bits per heavy atom. The molecule has 2 N–H and O–H groups in total. The van der Waals surface area contributed by atoms with Gasteiger partial charge < -0.3 is 10.6 Å². The van der Waals surface area contributed by atoms with E-state index in [0.717, 1.165) is 29.7 Å². The predicted octanol–water partition coefficient (Wildman–Crippen LogP) is 3.85. The minimum absolute atomic E-state index is 0.216. The van der Waals surface area contributed by atoms with E-state index in [1.165, 1.54) is 17.7 Å². The van der Waals surface area contributed by atoms with Crippen LogP contribution in [-0.4, -0.2) is 12.6 Å². The highest BCUT2D eigenvalue weighted by molar-refractivity contribution is 5.79. The molecule has 2 rings (SSSR count). The summed E-state index contributed by atoms with van der Waals surface area (Å²) in [6.45, 7) is 10.8. The van der Waals surface area contributed by atoms with Gasteiger partial charge in [-0.05, 0) is 56.4 Å². The maximum atomic E-state index is 6.15. The van der Waals surface area contributed by atoms with E-state index < -0.39 is 0 Å². The fourth-order valence-electron chi connectivity index (χ4n) is 2.60. The number of hydrogen-bond acceptors (Lipinski definition) is 2. The average molecular weight is 244 g/mol. The molecule has 1 aliphatic heterocycles. The summed E-state index contributed by atoms with van der Waals surface area (Å²) in [5.74, 6) is 0. The van der Waals surface area contributed by atoms with E-state index >= 15 is 0 Å². The predicted molar refractivity (Wildman–Crippen MR) is 81.0 cm³/mol.